The zero-order valence-corrected chi connectivity index (χ0v) is 18.6. The van der Waals surface area contributed by atoms with Gasteiger partial charge in [-0.15, -0.1) is 0 Å². The summed E-state index contributed by atoms with van der Waals surface area (Å²) in [4.78, 5) is 27.7. The molecule has 162 valence electrons. The van der Waals surface area contributed by atoms with E-state index in [1.165, 1.54) is 10.0 Å². The fraction of sp³-hybridized carbons (Fsp3) is 0.619. The van der Waals surface area contributed by atoms with Crippen LogP contribution in [0.2, 0.25) is 0 Å². The molecule has 0 atom stereocenters. The summed E-state index contributed by atoms with van der Waals surface area (Å²) in [6.07, 6.45) is -1.12. The molecule has 2 amide bonds. The summed E-state index contributed by atoms with van der Waals surface area (Å²) in [7, 11) is 1.87. The molecule has 8 heteroatoms. The van der Waals surface area contributed by atoms with E-state index < -0.39 is 23.4 Å². The van der Waals surface area contributed by atoms with Gasteiger partial charge in [0.15, 0.2) is 0 Å². The molecular weight excluding hydrogens is 372 g/mol. The maximum absolute atomic E-state index is 12.8. The molecule has 1 fully saturated rings. The number of nitrogens with one attached hydrogen (secondary N) is 1. The summed E-state index contributed by atoms with van der Waals surface area (Å²) in [5.41, 5.74) is 0.727. The molecule has 1 heterocycles. The standard InChI is InChI=1S/C21H34N4O4/c1-20(2,3)28-18(26)24-14-12-23(17-10-8-16(22-7)9-11-17)13-15-25(24)19(27)29-21(4,5)6/h8-11,22H,12-15H2,1-7H3. The number of carbonyl (C=O) groups excluding carboxylic acids is 2. The summed E-state index contributed by atoms with van der Waals surface area (Å²) in [6, 6.07) is 8.04. The second kappa shape index (κ2) is 8.80. The first kappa shape index (κ1) is 22.6. The van der Waals surface area contributed by atoms with Crippen molar-refractivity contribution < 1.29 is 19.1 Å². The van der Waals surface area contributed by atoms with Crippen molar-refractivity contribution in [3.05, 3.63) is 24.3 Å². The highest BCUT2D eigenvalue weighted by Crippen LogP contribution is 2.22. The highest BCUT2D eigenvalue weighted by molar-refractivity contribution is 5.75. The maximum atomic E-state index is 12.8. The number of ether oxygens (including phenoxy) is 2. The molecule has 1 saturated heterocycles. The Bertz CT molecular complexity index is 669. The first-order chi connectivity index (χ1) is 13.4. The number of anilines is 2. The lowest BCUT2D eigenvalue weighted by atomic mass is 10.2. The fourth-order valence-electron chi connectivity index (χ4n) is 2.89. The molecule has 0 spiro atoms. The minimum atomic E-state index is -0.661. The van der Waals surface area contributed by atoms with Gasteiger partial charge >= 0.3 is 12.2 Å². The van der Waals surface area contributed by atoms with Gasteiger partial charge in [0.25, 0.3) is 0 Å². The molecule has 0 unspecified atom stereocenters. The lowest BCUT2D eigenvalue weighted by Crippen LogP contribution is -2.53. The van der Waals surface area contributed by atoms with Crippen molar-refractivity contribution >= 4 is 23.6 Å². The quantitative estimate of drug-likeness (QED) is 0.802. The Hall–Kier alpha value is -2.64. The van der Waals surface area contributed by atoms with Gasteiger partial charge in [0, 0.05) is 31.5 Å². The molecule has 2 rings (SSSR count). The summed E-state index contributed by atoms with van der Waals surface area (Å²) in [6.45, 7) is 12.6. The predicted molar refractivity (Wildman–Crippen MR) is 114 cm³/mol. The van der Waals surface area contributed by atoms with Crippen LogP contribution in [0.3, 0.4) is 0 Å². The highest BCUT2D eigenvalue weighted by atomic mass is 16.6. The van der Waals surface area contributed by atoms with E-state index >= 15 is 0 Å². The maximum Gasteiger partial charge on any atom is 0.429 e. The summed E-state index contributed by atoms with van der Waals surface area (Å²) in [5, 5.41) is 5.80. The molecule has 1 N–H and O–H groups in total. The Morgan fingerprint density at radius 3 is 1.55 bits per heavy atom. The lowest BCUT2D eigenvalue weighted by molar-refractivity contribution is -0.0572. The minimum absolute atomic E-state index is 0.307. The fourth-order valence-corrected chi connectivity index (χ4v) is 2.89. The van der Waals surface area contributed by atoms with Crippen LogP contribution in [0.15, 0.2) is 24.3 Å². The van der Waals surface area contributed by atoms with E-state index in [-0.39, 0.29) is 0 Å². The van der Waals surface area contributed by atoms with Crippen LogP contribution in [0.4, 0.5) is 21.0 Å². The number of hydrazine groups is 1. The van der Waals surface area contributed by atoms with Crippen molar-refractivity contribution in [2.75, 3.05) is 43.4 Å². The van der Waals surface area contributed by atoms with E-state index in [2.05, 4.69) is 10.2 Å². The van der Waals surface area contributed by atoms with Crippen LogP contribution < -0.4 is 10.2 Å². The van der Waals surface area contributed by atoms with E-state index in [9.17, 15) is 9.59 Å². The Balaban J connectivity index is 2.23. The van der Waals surface area contributed by atoms with Crippen LogP contribution in [0, 0.1) is 0 Å². The van der Waals surface area contributed by atoms with Crippen molar-refractivity contribution in [1.82, 2.24) is 10.0 Å². The highest BCUT2D eigenvalue weighted by Gasteiger charge is 2.35. The molecule has 0 radical (unpaired) electrons. The molecule has 29 heavy (non-hydrogen) atoms. The Kier molecular flexibility index (Phi) is 6.87. The van der Waals surface area contributed by atoms with Crippen LogP contribution in [-0.4, -0.2) is 66.6 Å². The van der Waals surface area contributed by atoms with E-state index in [0.29, 0.717) is 26.2 Å². The zero-order chi connectivity index (χ0) is 21.8. The van der Waals surface area contributed by atoms with E-state index in [1.807, 2.05) is 31.3 Å². The third-order valence-electron chi connectivity index (χ3n) is 4.18. The van der Waals surface area contributed by atoms with Crippen molar-refractivity contribution in [3.8, 4) is 0 Å². The van der Waals surface area contributed by atoms with Gasteiger partial charge in [-0.25, -0.2) is 19.6 Å². The Labute approximate surface area is 173 Å². The van der Waals surface area contributed by atoms with Crippen LogP contribution in [0.5, 0.6) is 0 Å². The topological polar surface area (TPSA) is 74.4 Å². The first-order valence-electron chi connectivity index (χ1n) is 9.93. The van der Waals surface area contributed by atoms with Crippen LogP contribution >= 0.6 is 0 Å². The van der Waals surface area contributed by atoms with Crippen LogP contribution in [-0.2, 0) is 9.47 Å². The average Bonchev–Trinajstić information content (AvgIpc) is 2.82. The SMILES string of the molecule is CNc1ccc(N2CCN(C(=O)OC(C)(C)C)N(C(=O)OC(C)(C)C)CC2)cc1. The molecule has 0 aliphatic carbocycles. The molecular formula is C21H34N4O4. The van der Waals surface area contributed by atoms with Crippen LogP contribution in [0.25, 0.3) is 0 Å². The van der Waals surface area contributed by atoms with Gasteiger partial charge < -0.3 is 19.7 Å². The van der Waals surface area contributed by atoms with E-state index in [1.54, 1.807) is 41.5 Å². The zero-order valence-electron chi connectivity index (χ0n) is 18.6. The van der Waals surface area contributed by atoms with Gasteiger partial charge in [-0.1, -0.05) is 0 Å². The molecule has 1 aromatic carbocycles. The normalized spacial score (nSPS) is 15.6. The molecule has 1 aliphatic heterocycles. The first-order valence-corrected chi connectivity index (χ1v) is 9.93. The number of hydrogen-bond donors (Lipinski definition) is 1. The lowest BCUT2D eigenvalue weighted by Gasteiger charge is -2.35. The summed E-state index contributed by atoms with van der Waals surface area (Å²) >= 11 is 0. The van der Waals surface area contributed by atoms with Crippen molar-refractivity contribution in [2.24, 2.45) is 0 Å². The van der Waals surface area contributed by atoms with Gasteiger partial charge in [0.05, 0.1) is 13.1 Å². The van der Waals surface area contributed by atoms with Gasteiger partial charge in [-0.2, -0.15) is 0 Å². The third kappa shape index (κ3) is 6.73. The molecule has 0 aromatic heterocycles. The number of hydrogen-bond acceptors (Lipinski definition) is 6. The largest absolute Gasteiger partial charge is 0.442 e. The van der Waals surface area contributed by atoms with Gasteiger partial charge in [0.1, 0.15) is 11.2 Å². The molecule has 0 bridgehead atoms. The molecule has 1 aromatic rings. The Morgan fingerprint density at radius 1 is 0.793 bits per heavy atom. The minimum Gasteiger partial charge on any atom is -0.442 e. The number of amides is 2. The molecule has 1 aliphatic rings. The van der Waals surface area contributed by atoms with Crippen molar-refractivity contribution in [2.45, 2.75) is 52.7 Å². The number of carbonyl (C=O) groups is 2. The smallest absolute Gasteiger partial charge is 0.429 e. The second-order valence-corrected chi connectivity index (χ2v) is 8.99. The van der Waals surface area contributed by atoms with Gasteiger partial charge in [-0.05, 0) is 65.8 Å². The average molecular weight is 407 g/mol. The monoisotopic (exact) mass is 406 g/mol. The molecule has 8 nitrogen and oxygen atoms in total. The van der Waals surface area contributed by atoms with Crippen LogP contribution in [0.1, 0.15) is 41.5 Å². The van der Waals surface area contributed by atoms with Crippen molar-refractivity contribution in [3.63, 3.8) is 0 Å². The second-order valence-electron chi connectivity index (χ2n) is 8.99. The van der Waals surface area contributed by atoms with E-state index in [4.69, 9.17) is 9.47 Å². The number of benzene rings is 1. The summed E-state index contributed by atoms with van der Waals surface area (Å²) < 4.78 is 11.1. The third-order valence-corrected chi connectivity index (χ3v) is 4.18. The summed E-state index contributed by atoms with van der Waals surface area (Å²) in [5.74, 6) is 0. The molecule has 0 saturated carbocycles. The predicted octanol–water partition coefficient (Wildman–Crippen LogP) is 3.94. The van der Waals surface area contributed by atoms with E-state index in [0.717, 1.165) is 11.4 Å². The number of nitrogens with zero attached hydrogens (tertiary/aromatic N) is 3. The number of rotatable bonds is 2. The van der Waals surface area contributed by atoms with Gasteiger partial charge in [-0.3, -0.25) is 0 Å². The van der Waals surface area contributed by atoms with Gasteiger partial charge in [0.2, 0.25) is 0 Å². The Morgan fingerprint density at radius 2 is 1.21 bits per heavy atom. The van der Waals surface area contributed by atoms with Crippen molar-refractivity contribution in [1.29, 1.82) is 0 Å².